The van der Waals surface area contributed by atoms with Crippen molar-refractivity contribution >= 4 is 17.2 Å². The Morgan fingerprint density at radius 3 is 2.62 bits per heavy atom. The van der Waals surface area contributed by atoms with Crippen LogP contribution in [0, 0.1) is 12.8 Å². The third kappa shape index (κ3) is 3.37. The van der Waals surface area contributed by atoms with Gasteiger partial charge in [0.1, 0.15) is 5.75 Å². The van der Waals surface area contributed by atoms with Gasteiger partial charge in [0.2, 0.25) is 0 Å². The van der Waals surface area contributed by atoms with E-state index in [0.717, 1.165) is 11.4 Å². The second-order valence-electron chi connectivity index (χ2n) is 6.01. The maximum absolute atomic E-state index is 9.84. The normalized spacial score (nSPS) is 11.7. The highest BCUT2D eigenvalue weighted by atomic mass is 16.5. The van der Waals surface area contributed by atoms with Crippen LogP contribution < -0.4 is 4.74 Å². The van der Waals surface area contributed by atoms with E-state index in [1.165, 1.54) is 0 Å². The smallest absolute Gasteiger partial charge is 0.182 e. The summed E-state index contributed by atoms with van der Waals surface area (Å²) in [5.74, 6) is 2.02. The SMILES string of the molecule is Cc1nc2c(O)cccn2c1N=Nc1ccc(OCC(C)C)cc1. The zero-order valence-corrected chi connectivity index (χ0v) is 14.0. The molecular weight excluding hydrogens is 304 g/mol. The number of imidazole rings is 1. The first kappa shape index (κ1) is 16.0. The lowest BCUT2D eigenvalue weighted by atomic mass is 10.2. The van der Waals surface area contributed by atoms with E-state index in [9.17, 15) is 5.11 Å². The number of ether oxygens (including phenoxy) is 1. The fourth-order valence-electron chi connectivity index (χ4n) is 2.25. The van der Waals surface area contributed by atoms with Gasteiger partial charge in [-0.25, -0.2) is 4.98 Å². The van der Waals surface area contributed by atoms with Gasteiger partial charge in [-0.05, 0) is 49.2 Å². The maximum Gasteiger partial charge on any atom is 0.182 e. The molecule has 0 aliphatic rings. The van der Waals surface area contributed by atoms with Crippen LogP contribution in [0.25, 0.3) is 5.65 Å². The molecule has 24 heavy (non-hydrogen) atoms. The summed E-state index contributed by atoms with van der Waals surface area (Å²) in [7, 11) is 0. The summed E-state index contributed by atoms with van der Waals surface area (Å²) in [6.45, 7) is 6.74. The van der Waals surface area contributed by atoms with Crippen LogP contribution in [0.2, 0.25) is 0 Å². The molecule has 0 saturated carbocycles. The van der Waals surface area contributed by atoms with Crippen LogP contribution in [0.1, 0.15) is 19.5 Å². The van der Waals surface area contributed by atoms with Crippen LogP contribution >= 0.6 is 0 Å². The number of azo groups is 1. The second-order valence-corrected chi connectivity index (χ2v) is 6.01. The van der Waals surface area contributed by atoms with Crippen molar-refractivity contribution in [2.45, 2.75) is 20.8 Å². The van der Waals surface area contributed by atoms with Crippen molar-refractivity contribution in [3.05, 3.63) is 48.3 Å². The number of rotatable bonds is 5. The van der Waals surface area contributed by atoms with E-state index in [1.807, 2.05) is 31.2 Å². The van der Waals surface area contributed by atoms with Crippen molar-refractivity contribution in [1.29, 1.82) is 0 Å². The van der Waals surface area contributed by atoms with Crippen LogP contribution in [0.4, 0.5) is 11.5 Å². The van der Waals surface area contributed by atoms with Crippen molar-refractivity contribution in [2.75, 3.05) is 6.61 Å². The molecule has 1 aromatic carbocycles. The fourth-order valence-corrected chi connectivity index (χ4v) is 2.25. The Hall–Kier alpha value is -2.89. The van der Waals surface area contributed by atoms with Crippen LogP contribution in [-0.2, 0) is 0 Å². The molecule has 3 aromatic rings. The highest BCUT2D eigenvalue weighted by Crippen LogP contribution is 2.28. The molecule has 3 rings (SSSR count). The molecule has 0 fully saturated rings. The van der Waals surface area contributed by atoms with Crippen LogP contribution in [0.15, 0.2) is 52.8 Å². The Bertz CT molecular complexity index is 867. The van der Waals surface area contributed by atoms with Crippen LogP contribution in [0.5, 0.6) is 11.5 Å². The topological polar surface area (TPSA) is 71.5 Å². The van der Waals surface area contributed by atoms with E-state index in [0.29, 0.717) is 29.7 Å². The quantitative estimate of drug-likeness (QED) is 0.685. The van der Waals surface area contributed by atoms with E-state index in [-0.39, 0.29) is 5.75 Å². The number of fused-ring (bicyclic) bond motifs is 1. The minimum absolute atomic E-state index is 0.119. The Balaban J connectivity index is 1.81. The summed E-state index contributed by atoms with van der Waals surface area (Å²) >= 11 is 0. The highest BCUT2D eigenvalue weighted by molar-refractivity contribution is 5.59. The number of hydrogen-bond donors (Lipinski definition) is 1. The number of benzene rings is 1. The predicted molar refractivity (Wildman–Crippen MR) is 92.5 cm³/mol. The van der Waals surface area contributed by atoms with Gasteiger partial charge < -0.3 is 9.84 Å². The molecule has 1 N–H and O–H groups in total. The first-order valence-electron chi connectivity index (χ1n) is 7.86. The van der Waals surface area contributed by atoms with Gasteiger partial charge in [-0.3, -0.25) is 4.40 Å². The van der Waals surface area contributed by atoms with Gasteiger partial charge in [-0.1, -0.05) is 13.8 Å². The van der Waals surface area contributed by atoms with Crippen molar-refractivity contribution in [3.63, 3.8) is 0 Å². The van der Waals surface area contributed by atoms with Gasteiger partial charge in [0.25, 0.3) is 0 Å². The molecule has 6 heteroatoms. The summed E-state index contributed by atoms with van der Waals surface area (Å²) in [6.07, 6.45) is 1.80. The van der Waals surface area contributed by atoms with Gasteiger partial charge in [0.05, 0.1) is 18.0 Å². The molecule has 0 radical (unpaired) electrons. The average molecular weight is 324 g/mol. The molecule has 0 aliphatic heterocycles. The molecule has 0 saturated heterocycles. The zero-order valence-electron chi connectivity index (χ0n) is 14.0. The van der Waals surface area contributed by atoms with Crippen molar-refractivity contribution < 1.29 is 9.84 Å². The first-order chi connectivity index (χ1) is 11.5. The minimum Gasteiger partial charge on any atom is -0.504 e. The average Bonchev–Trinajstić information content (AvgIpc) is 2.89. The Kier molecular flexibility index (Phi) is 4.46. The molecule has 0 amide bonds. The number of aromatic nitrogens is 2. The van der Waals surface area contributed by atoms with Crippen LogP contribution in [-0.4, -0.2) is 21.1 Å². The molecule has 0 bridgehead atoms. The summed E-state index contributed by atoms with van der Waals surface area (Å²) < 4.78 is 7.37. The van der Waals surface area contributed by atoms with E-state index in [4.69, 9.17) is 4.74 Å². The summed E-state index contributed by atoms with van der Waals surface area (Å²) in [6, 6.07) is 10.8. The second kappa shape index (κ2) is 6.70. The van der Waals surface area contributed by atoms with E-state index >= 15 is 0 Å². The van der Waals surface area contributed by atoms with Gasteiger partial charge in [-0.2, -0.15) is 0 Å². The van der Waals surface area contributed by atoms with E-state index in [1.54, 1.807) is 22.7 Å². The summed E-state index contributed by atoms with van der Waals surface area (Å²) in [4.78, 5) is 4.32. The molecule has 2 heterocycles. The fraction of sp³-hybridized carbons (Fsp3) is 0.278. The first-order valence-corrected chi connectivity index (χ1v) is 7.86. The molecular formula is C18H20N4O2. The minimum atomic E-state index is 0.119. The van der Waals surface area contributed by atoms with Gasteiger partial charge >= 0.3 is 0 Å². The maximum atomic E-state index is 9.84. The van der Waals surface area contributed by atoms with E-state index < -0.39 is 0 Å². The number of aromatic hydroxyl groups is 1. The molecule has 0 spiro atoms. The largest absolute Gasteiger partial charge is 0.504 e. The molecule has 0 aliphatic carbocycles. The lowest BCUT2D eigenvalue weighted by Crippen LogP contribution is -2.03. The van der Waals surface area contributed by atoms with Crippen molar-refractivity contribution in [3.8, 4) is 11.5 Å². The predicted octanol–water partition coefficient (Wildman–Crippen LogP) is 4.80. The molecule has 0 unspecified atom stereocenters. The summed E-state index contributed by atoms with van der Waals surface area (Å²) in [5, 5.41) is 18.4. The Morgan fingerprint density at radius 1 is 1.17 bits per heavy atom. The van der Waals surface area contributed by atoms with Gasteiger partial charge in [0, 0.05) is 6.20 Å². The highest BCUT2D eigenvalue weighted by Gasteiger charge is 2.10. The van der Waals surface area contributed by atoms with Gasteiger partial charge in [0.15, 0.2) is 17.2 Å². The number of aryl methyl sites for hydroxylation is 1. The third-order valence-electron chi connectivity index (χ3n) is 3.45. The molecule has 6 nitrogen and oxygen atoms in total. The van der Waals surface area contributed by atoms with Gasteiger partial charge in [-0.15, -0.1) is 10.2 Å². The van der Waals surface area contributed by atoms with Crippen LogP contribution in [0.3, 0.4) is 0 Å². The Labute approximate surface area is 140 Å². The lowest BCUT2D eigenvalue weighted by Gasteiger charge is -2.08. The van der Waals surface area contributed by atoms with Crippen molar-refractivity contribution in [2.24, 2.45) is 16.1 Å². The Morgan fingerprint density at radius 2 is 1.92 bits per heavy atom. The molecule has 124 valence electrons. The standard InChI is InChI=1S/C18H20N4O2/c1-12(2)11-24-15-8-6-14(7-9-15)20-21-17-13(3)19-18-16(23)5-4-10-22(17)18/h4-10,12,23H,11H2,1-3H3. The summed E-state index contributed by atoms with van der Waals surface area (Å²) in [5.41, 5.74) is 1.90. The lowest BCUT2D eigenvalue weighted by molar-refractivity contribution is 0.271. The zero-order chi connectivity index (χ0) is 17.1. The number of pyridine rings is 1. The monoisotopic (exact) mass is 324 g/mol. The number of nitrogens with zero attached hydrogens (tertiary/aromatic N) is 4. The van der Waals surface area contributed by atoms with E-state index in [2.05, 4.69) is 29.1 Å². The molecule has 0 atom stereocenters. The third-order valence-corrected chi connectivity index (χ3v) is 3.45. The number of hydrogen-bond acceptors (Lipinski definition) is 5. The van der Waals surface area contributed by atoms with Crippen molar-refractivity contribution in [1.82, 2.24) is 9.38 Å². The molecule has 2 aromatic heterocycles.